The number of thiophene rings is 1. The molecule has 2 aromatic rings. The molecule has 1 saturated heterocycles. The van der Waals surface area contributed by atoms with Gasteiger partial charge in [-0.15, -0.1) is 11.3 Å². The highest BCUT2D eigenvalue weighted by atomic mass is 32.1. The van der Waals surface area contributed by atoms with Crippen molar-refractivity contribution in [3.05, 3.63) is 51.7 Å². The van der Waals surface area contributed by atoms with Gasteiger partial charge in [-0.2, -0.15) is 0 Å². The molecule has 0 saturated carbocycles. The molecule has 0 spiro atoms. The molecule has 162 valence electrons. The van der Waals surface area contributed by atoms with E-state index in [0.29, 0.717) is 17.2 Å². The van der Waals surface area contributed by atoms with E-state index in [-0.39, 0.29) is 18.3 Å². The first kappa shape index (κ1) is 22.4. The Bertz CT molecular complexity index is 890. The first-order valence-corrected chi connectivity index (χ1v) is 10.9. The van der Waals surface area contributed by atoms with Gasteiger partial charge in [0, 0.05) is 37.6 Å². The lowest BCUT2D eigenvalue weighted by molar-refractivity contribution is -0.117. The van der Waals surface area contributed by atoms with Crippen LogP contribution in [0.15, 0.2) is 24.3 Å². The van der Waals surface area contributed by atoms with Gasteiger partial charge in [-0.1, -0.05) is 12.1 Å². The normalized spacial score (nSPS) is 15.2. The van der Waals surface area contributed by atoms with E-state index < -0.39 is 5.97 Å². The summed E-state index contributed by atoms with van der Waals surface area (Å²) >= 11 is 1.40. The molecule has 1 amide bonds. The number of nitrogens with one attached hydrogen (secondary N) is 1. The number of anilines is 1. The van der Waals surface area contributed by atoms with E-state index in [2.05, 4.69) is 15.1 Å². The summed E-state index contributed by atoms with van der Waals surface area (Å²) in [6.45, 7) is 10.2. The number of piperazine rings is 1. The van der Waals surface area contributed by atoms with Gasteiger partial charge in [0.1, 0.15) is 10.8 Å². The van der Waals surface area contributed by atoms with Crippen LogP contribution in [0.25, 0.3) is 0 Å². The molecule has 0 bridgehead atoms. The second kappa shape index (κ2) is 10.1. The van der Waals surface area contributed by atoms with Crippen molar-refractivity contribution in [2.45, 2.75) is 27.3 Å². The summed E-state index contributed by atoms with van der Waals surface area (Å²) in [5.74, 6) is -0.755. The number of hydrogen-bond donors (Lipinski definition) is 1. The molecule has 0 radical (unpaired) electrons. The number of carbonyl (C=O) groups excluding carboxylic acids is 2. The highest BCUT2D eigenvalue weighted by Crippen LogP contribution is 2.33. The SMILES string of the molecule is CCOC(=O)c1c(NC(=O)CN2CCN(Cc3ccc(F)cc3)CC2)sc(C)c1C. The van der Waals surface area contributed by atoms with Gasteiger partial charge in [-0.3, -0.25) is 14.6 Å². The molecule has 30 heavy (non-hydrogen) atoms. The minimum Gasteiger partial charge on any atom is -0.462 e. The zero-order chi connectivity index (χ0) is 21.7. The number of carbonyl (C=O) groups is 2. The van der Waals surface area contributed by atoms with E-state index in [1.165, 1.54) is 23.5 Å². The molecule has 3 rings (SSSR count). The molecule has 2 heterocycles. The molecular weight excluding hydrogens is 405 g/mol. The second-order valence-corrected chi connectivity index (χ2v) is 8.66. The zero-order valence-electron chi connectivity index (χ0n) is 17.7. The Morgan fingerprint density at radius 3 is 2.37 bits per heavy atom. The van der Waals surface area contributed by atoms with E-state index in [4.69, 9.17) is 4.74 Å². The van der Waals surface area contributed by atoms with Crippen molar-refractivity contribution < 1.29 is 18.7 Å². The Morgan fingerprint density at radius 2 is 1.73 bits per heavy atom. The van der Waals surface area contributed by atoms with Crippen molar-refractivity contribution in [2.24, 2.45) is 0 Å². The van der Waals surface area contributed by atoms with Crippen LogP contribution in [0.3, 0.4) is 0 Å². The molecule has 1 aliphatic rings. The number of rotatable bonds is 7. The van der Waals surface area contributed by atoms with Crippen molar-refractivity contribution in [2.75, 3.05) is 44.6 Å². The Balaban J connectivity index is 1.51. The molecule has 0 aliphatic carbocycles. The van der Waals surface area contributed by atoms with Crippen LogP contribution in [0, 0.1) is 19.7 Å². The number of halogens is 1. The maximum Gasteiger partial charge on any atom is 0.341 e. The minimum atomic E-state index is -0.399. The van der Waals surface area contributed by atoms with Crippen LogP contribution in [0.1, 0.15) is 33.3 Å². The first-order valence-electron chi connectivity index (χ1n) is 10.1. The quantitative estimate of drug-likeness (QED) is 0.678. The third kappa shape index (κ3) is 5.65. The summed E-state index contributed by atoms with van der Waals surface area (Å²) in [4.78, 5) is 30.3. The Kier molecular flexibility index (Phi) is 7.58. The van der Waals surface area contributed by atoms with E-state index in [1.807, 2.05) is 13.8 Å². The molecule has 0 atom stereocenters. The largest absolute Gasteiger partial charge is 0.462 e. The van der Waals surface area contributed by atoms with Crippen molar-refractivity contribution in [1.82, 2.24) is 9.80 Å². The topological polar surface area (TPSA) is 61.9 Å². The molecule has 1 N–H and O–H groups in total. The molecule has 6 nitrogen and oxygen atoms in total. The number of amides is 1. The smallest absolute Gasteiger partial charge is 0.341 e. The fourth-order valence-corrected chi connectivity index (χ4v) is 4.55. The summed E-state index contributed by atoms with van der Waals surface area (Å²) in [6, 6.07) is 6.57. The van der Waals surface area contributed by atoms with Gasteiger partial charge in [0.15, 0.2) is 0 Å². The molecule has 0 unspecified atom stereocenters. The molecule has 8 heteroatoms. The predicted octanol–water partition coefficient (Wildman–Crippen LogP) is 3.44. The molecule has 1 aromatic carbocycles. The fraction of sp³-hybridized carbons (Fsp3) is 0.455. The minimum absolute atomic E-state index is 0.131. The van der Waals surface area contributed by atoms with Gasteiger partial charge < -0.3 is 10.1 Å². The molecular formula is C22H28FN3O3S. The van der Waals surface area contributed by atoms with Crippen LogP contribution in [0.5, 0.6) is 0 Å². The summed E-state index contributed by atoms with van der Waals surface area (Å²) in [6.07, 6.45) is 0. The number of benzene rings is 1. The summed E-state index contributed by atoms with van der Waals surface area (Å²) in [5.41, 5.74) is 2.39. The van der Waals surface area contributed by atoms with Crippen LogP contribution < -0.4 is 5.32 Å². The van der Waals surface area contributed by atoms with Crippen molar-refractivity contribution in [1.29, 1.82) is 0 Å². The van der Waals surface area contributed by atoms with E-state index in [1.54, 1.807) is 19.1 Å². The standard InChI is InChI=1S/C22H28FN3O3S/c1-4-29-22(28)20-15(2)16(3)30-21(20)24-19(27)14-26-11-9-25(10-12-26)13-17-5-7-18(23)8-6-17/h5-8H,4,9-14H2,1-3H3,(H,24,27). The monoisotopic (exact) mass is 433 g/mol. The van der Waals surface area contributed by atoms with E-state index in [9.17, 15) is 14.0 Å². The summed E-state index contributed by atoms with van der Waals surface area (Å²) in [7, 11) is 0. The maximum atomic E-state index is 13.0. The lowest BCUT2D eigenvalue weighted by atomic mass is 10.1. The average Bonchev–Trinajstić information content (AvgIpc) is 2.98. The molecule has 1 fully saturated rings. The van der Waals surface area contributed by atoms with Crippen molar-refractivity contribution in [3.8, 4) is 0 Å². The first-order chi connectivity index (χ1) is 14.4. The number of hydrogen-bond acceptors (Lipinski definition) is 6. The molecule has 1 aliphatic heterocycles. The van der Waals surface area contributed by atoms with Crippen LogP contribution in [-0.2, 0) is 16.1 Å². The average molecular weight is 434 g/mol. The number of aryl methyl sites for hydroxylation is 1. The van der Waals surface area contributed by atoms with E-state index in [0.717, 1.165) is 48.7 Å². The van der Waals surface area contributed by atoms with Gasteiger partial charge in [0.05, 0.1) is 18.7 Å². The van der Waals surface area contributed by atoms with Crippen LogP contribution >= 0.6 is 11.3 Å². The lowest BCUT2D eigenvalue weighted by Crippen LogP contribution is -2.48. The third-order valence-electron chi connectivity index (χ3n) is 5.27. The molecule has 1 aromatic heterocycles. The lowest BCUT2D eigenvalue weighted by Gasteiger charge is -2.34. The van der Waals surface area contributed by atoms with Crippen LogP contribution in [-0.4, -0.2) is 61.0 Å². The fourth-order valence-electron chi connectivity index (χ4n) is 3.49. The van der Waals surface area contributed by atoms with Crippen LogP contribution in [0.4, 0.5) is 9.39 Å². The van der Waals surface area contributed by atoms with E-state index >= 15 is 0 Å². The highest BCUT2D eigenvalue weighted by molar-refractivity contribution is 7.16. The number of nitrogens with zero attached hydrogens (tertiary/aromatic N) is 2. The maximum absolute atomic E-state index is 13.0. The number of esters is 1. The number of ether oxygens (including phenoxy) is 1. The van der Waals surface area contributed by atoms with Gasteiger partial charge in [-0.05, 0) is 44.0 Å². The van der Waals surface area contributed by atoms with Gasteiger partial charge in [0.25, 0.3) is 0 Å². The van der Waals surface area contributed by atoms with Gasteiger partial charge in [0.2, 0.25) is 5.91 Å². The highest BCUT2D eigenvalue weighted by Gasteiger charge is 2.24. The van der Waals surface area contributed by atoms with Gasteiger partial charge in [-0.25, -0.2) is 9.18 Å². The summed E-state index contributed by atoms with van der Waals surface area (Å²) < 4.78 is 18.2. The second-order valence-electron chi connectivity index (χ2n) is 7.43. The van der Waals surface area contributed by atoms with Crippen LogP contribution in [0.2, 0.25) is 0 Å². The Labute approximate surface area is 180 Å². The Hall–Kier alpha value is -2.29. The van der Waals surface area contributed by atoms with Crippen molar-refractivity contribution >= 4 is 28.2 Å². The third-order valence-corrected chi connectivity index (χ3v) is 6.39. The Morgan fingerprint density at radius 1 is 1.10 bits per heavy atom. The summed E-state index contributed by atoms with van der Waals surface area (Å²) in [5, 5.41) is 3.46. The van der Waals surface area contributed by atoms with Gasteiger partial charge >= 0.3 is 5.97 Å². The predicted molar refractivity (Wildman–Crippen MR) is 116 cm³/mol. The zero-order valence-corrected chi connectivity index (χ0v) is 18.5. The van der Waals surface area contributed by atoms with Crippen molar-refractivity contribution in [3.63, 3.8) is 0 Å².